The van der Waals surface area contributed by atoms with Gasteiger partial charge in [-0.15, -0.1) is 0 Å². The third-order valence-corrected chi connectivity index (χ3v) is 8.23. The topological polar surface area (TPSA) is 16.4 Å². The largest absolute Gasteiger partial charge is 0.456 e. The molecule has 0 saturated carbocycles. The smallest absolute Gasteiger partial charge is 0.135 e. The summed E-state index contributed by atoms with van der Waals surface area (Å²) in [6, 6.07) is 62.2. The normalized spacial score (nSPS) is 11.2. The van der Waals surface area contributed by atoms with Gasteiger partial charge in [-0.2, -0.15) is 0 Å². The lowest BCUT2D eigenvalue weighted by Crippen LogP contribution is -2.10. The summed E-state index contributed by atoms with van der Waals surface area (Å²) in [5.74, 6) is 0.859. The van der Waals surface area contributed by atoms with Crippen LogP contribution in [0.15, 0.2) is 180 Å². The quantitative estimate of drug-likeness (QED) is 0.200. The van der Waals surface area contributed by atoms with E-state index in [4.69, 9.17) is 4.42 Å². The SMILES string of the molecule is c1ccc(-c2cccc(N(c3ccc(-c4ccc5ccccc5c4)cc3)c3cccc(-c4cc5ccccc5o4)c3)c2)cc1. The molecule has 0 saturated heterocycles. The molecule has 0 aliphatic rings. The molecule has 1 heterocycles. The van der Waals surface area contributed by atoms with Crippen LogP contribution < -0.4 is 4.90 Å². The van der Waals surface area contributed by atoms with Gasteiger partial charge < -0.3 is 9.32 Å². The van der Waals surface area contributed by atoms with E-state index >= 15 is 0 Å². The molecule has 0 unspecified atom stereocenters. The summed E-state index contributed by atoms with van der Waals surface area (Å²) in [7, 11) is 0. The number of para-hydroxylation sites is 1. The monoisotopic (exact) mass is 563 g/mol. The standard InChI is InChI=1S/C42H29NO/c1-2-10-30(11-3-1)34-15-8-17-39(27-34)43(40-18-9-16-36(28-40)42-29-37-14-6-7-19-41(37)44-42)38-24-22-32(23-25-38)35-21-20-31-12-4-5-13-33(31)26-35/h1-29H. The summed E-state index contributed by atoms with van der Waals surface area (Å²) in [6.45, 7) is 0. The lowest BCUT2D eigenvalue weighted by Gasteiger charge is -2.26. The summed E-state index contributed by atoms with van der Waals surface area (Å²) < 4.78 is 6.25. The number of benzene rings is 7. The Morgan fingerprint density at radius 1 is 0.318 bits per heavy atom. The van der Waals surface area contributed by atoms with Crippen LogP contribution in [-0.2, 0) is 0 Å². The van der Waals surface area contributed by atoms with E-state index in [1.54, 1.807) is 0 Å². The van der Waals surface area contributed by atoms with Crippen LogP contribution in [0.4, 0.5) is 17.1 Å². The van der Waals surface area contributed by atoms with E-state index in [1.165, 1.54) is 33.0 Å². The first-order valence-corrected chi connectivity index (χ1v) is 14.9. The minimum Gasteiger partial charge on any atom is -0.456 e. The molecule has 8 rings (SSSR count). The number of fused-ring (bicyclic) bond motifs is 2. The Hall–Kier alpha value is -5.86. The first-order valence-electron chi connectivity index (χ1n) is 14.9. The van der Waals surface area contributed by atoms with E-state index in [9.17, 15) is 0 Å². The molecule has 7 aromatic carbocycles. The third-order valence-electron chi connectivity index (χ3n) is 8.23. The van der Waals surface area contributed by atoms with Crippen molar-refractivity contribution in [2.24, 2.45) is 0 Å². The fourth-order valence-electron chi connectivity index (χ4n) is 6.00. The molecular weight excluding hydrogens is 534 g/mol. The first kappa shape index (κ1) is 25.8. The molecule has 0 spiro atoms. The van der Waals surface area contributed by atoms with Gasteiger partial charge in [0, 0.05) is 28.0 Å². The van der Waals surface area contributed by atoms with Crippen molar-refractivity contribution in [2.75, 3.05) is 4.90 Å². The number of anilines is 3. The second-order valence-electron chi connectivity index (χ2n) is 11.1. The van der Waals surface area contributed by atoms with Crippen molar-refractivity contribution < 1.29 is 4.42 Å². The van der Waals surface area contributed by atoms with Gasteiger partial charge in [0.15, 0.2) is 0 Å². The maximum absolute atomic E-state index is 6.25. The van der Waals surface area contributed by atoms with Gasteiger partial charge in [0.25, 0.3) is 0 Å². The molecule has 0 radical (unpaired) electrons. The Bertz CT molecular complexity index is 2190. The molecule has 0 fully saturated rings. The average molecular weight is 564 g/mol. The van der Waals surface area contributed by atoms with Crippen LogP contribution in [0.3, 0.4) is 0 Å². The van der Waals surface area contributed by atoms with Gasteiger partial charge in [0.2, 0.25) is 0 Å². The molecule has 2 heteroatoms. The van der Waals surface area contributed by atoms with E-state index in [0.717, 1.165) is 39.4 Å². The Morgan fingerprint density at radius 3 is 1.66 bits per heavy atom. The molecule has 208 valence electrons. The summed E-state index contributed by atoms with van der Waals surface area (Å²) in [6.07, 6.45) is 0. The van der Waals surface area contributed by atoms with Crippen molar-refractivity contribution in [3.8, 4) is 33.6 Å². The Morgan fingerprint density at radius 2 is 0.886 bits per heavy atom. The van der Waals surface area contributed by atoms with Crippen LogP contribution in [0.2, 0.25) is 0 Å². The predicted molar refractivity (Wildman–Crippen MR) is 185 cm³/mol. The Kier molecular flexibility index (Phi) is 6.51. The zero-order chi connectivity index (χ0) is 29.3. The molecule has 0 N–H and O–H groups in total. The lowest BCUT2D eigenvalue weighted by atomic mass is 10.0. The molecular formula is C42H29NO. The first-order chi connectivity index (χ1) is 21.8. The molecule has 44 heavy (non-hydrogen) atoms. The zero-order valence-corrected chi connectivity index (χ0v) is 24.1. The fraction of sp³-hybridized carbons (Fsp3) is 0. The number of nitrogens with zero attached hydrogens (tertiary/aromatic N) is 1. The zero-order valence-electron chi connectivity index (χ0n) is 24.1. The molecule has 2 nitrogen and oxygen atoms in total. The van der Waals surface area contributed by atoms with Crippen molar-refractivity contribution >= 4 is 38.8 Å². The van der Waals surface area contributed by atoms with Crippen LogP contribution in [0.25, 0.3) is 55.3 Å². The highest BCUT2D eigenvalue weighted by Gasteiger charge is 2.16. The highest BCUT2D eigenvalue weighted by atomic mass is 16.3. The highest BCUT2D eigenvalue weighted by Crippen LogP contribution is 2.39. The van der Waals surface area contributed by atoms with Crippen LogP contribution in [0.1, 0.15) is 0 Å². The maximum atomic E-state index is 6.25. The van der Waals surface area contributed by atoms with Crippen molar-refractivity contribution in [1.82, 2.24) is 0 Å². The number of furan rings is 1. The van der Waals surface area contributed by atoms with E-state index in [2.05, 4.69) is 163 Å². The van der Waals surface area contributed by atoms with Crippen molar-refractivity contribution in [3.63, 3.8) is 0 Å². The average Bonchev–Trinajstić information content (AvgIpc) is 3.54. The highest BCUT2D eigenvalue weighted by molar-refractivity contribution is 5.89. The molecule has 8 aromatic rings. The van der Waals surface area contributed by atoms with Gasteiger partial charge in [0.05, 0.1) is 0 Å². The minimum atomic E-state index is 0.859. The molecule has 0 aliphatic heterocycles. The molecule has 0 atom stereocenters. The van der Waals surface area contributed by atoms with E-state index in [-0.39, 0.29) is 0 Å². The van der Waals surface area contributed by atoms with Crippen LogP contribution in [-0.4, -0.2) is 0 Å². The second-order valence-corrected chi connectivity index (χ2v) is 11.1. The van der Waals surface area contributed by atoms with Gasteiger partial charge in [-0.25, -0.2) is 0 Å². The van der Waals surface area contributed by atoms with Gasteiger partial charge in [-0.1, -0.05) is 121 Å². The Balaban J connectivity index is 1.23. The third kappa shape index (κ3) is 4.93. The van der Waals surface area contributed by atoms with E-state index in [1.807, 2.05) is 18.2 Å². The van der Waals surface area contributed by atoms with Crippen LogP contribution in [0.5, 0.6) is 0 Å². The van der Waals surface area contributed by atoms with Crippen molar-refractivity contribution in [3.05, 3.63) is 176 Å². The lowest BCUT2D eigenvalue weighted by molar-refractivity contribution is 0.631. The van der Waals surface area contributed by atoms with Gasteiger partial charge in [-0.3, -0.25) is 0 Å². The summed E-state index contributed by atoms with van der Waals surface area (Å²) in [5, 5.41) is 3.60. The van der Waals surface area contributed by atoms with Crippen LogP contribution >= 0.6 is 0 Å². The molecule has 1 aromatic heterocycles. The summed E-state index contributed by atoms with van der Waals surface area (Å²) in [5.41, 5.74) is 9.93. The second kappa shape index (κ2) is 11.1. The minimum absolute atomic E-state index is 0.859. The molecule has 0 aliphatic carbocycles. The fourth-order valence-corrected chi connectivity index (χ4v) is 6.00. The number of hydrogen-bond acceptors (Lipinski definition) is 2. The Labute approximate surface area is 257 Å². The van der Waals surface area contributed by atoms with Gasteiger partial charge >= 0.3 is 0 Å². The predicted octanol–water partition coefficient (Wildman–Crippen LogP) is 12.1. The number of hydrogen-bond donors (Lipinski definition) is 0. The van der Waals surface area contributed by atoms with Gasteiger partial charge in [-0.05, 0) is 87.6 Å². The van der Waals surface area contributed by atoms with Crippen molar-refractivity contribution in [2.45, 2.75) is 0 Å². The van der Waals surface area contributed by atoms with E-state index < -0.39 is 0 Å². The van der Waals surface area contributed by atoms with E-state index in [0.29, 0.717) is 0 Å². The molecule has 0 amide bonds. The summed E-state index contributed by atoms with van der Waals surface area (Å²) in [4.78, 5) is 2.32. The van der Waals surface area contributed by atoms with Crippen LogP contribution in [0, 0.1) is 0 Å². The summed E-state index contributed by atoms with van der Waals surface area (Å²) >= 11 is 0. The van der Waals surface area contributed by atoms with Gasteiger partial charge in [0.1, 0.15) is 11.3 Å². The number of rotatable bonds is 6. The maximum Gasteiger partial charge on any atom is 0.135 e. The van der Waals surface area contributed by atoms with Crippen molar-refractivity contribution in [1.29, 1.82) is 0 Å². The molecule has 0 bridgehead atoms.